The van der Waals surface area contributed by atoms with E-state index in [1.807, 2.05) is 19.2 Å². The Bertz CT molecular complexity index is 507. The lowest BCUT2D eigenvalue weighted by Crippen LogP contribution is -2.15. The highest BCUT2D eigenvalue weighted by Crippen LogP contribution is 2.16. The monoisotopic (exact) mass is 219 g/mol. The number of fused-ring (bicyclic) bond motifs is 1. The van der Waals surface area contributed by atoms with Crippen LogP contribution >= 0.6 is 0 Å². The van der Waals surface area contributed by atoms with Crippen molar-refractivity contribution in [2.24, 2.45) is 5.92 Å². The molecular formula is C11H13N3O2. The zero-order chi connectivity index (χ0) is 11.5. The van der Waals surface area contributed by atoms with Gasteiger partial charge < -0.3 is 9.72 Å². The fraction of sp³-hybridized carbons (Fsp3) is 0.364. The van der Waals surface area contributed by atoms with Crippen LogP contribution in [-0.2, 0) is 16.0 Å². The van der Waals surface area contributed by atoms with Crippen molar-refractivity contribution in [3.63, 3.8) is 0 Å². The van der Waals surface area contributed by atoms with Crippen molar-refractivity contribution >= 4 is 17.0 Å². The van der Waals surface area contributed by atoms with Gasteiger partial charge in [-0.15, -0.1) is 0 Å². The van der Waals surface area contributed by atoms with E-state index >= 15 is 0 Å². The maximum absolute atomic E-state index is 11.3. The van der Waals surface area contributed by atoms with Gasteiger partial charge in [-0.25, -0.2) is 9.97 Å². The van der Waals surface area contributed by atoms with Gasteiger partial charge in [0.15, 0.2) is 0 Å². The molecule has 0 saturated carbocycles. The van der Waals surface area contributed by atoms with Gasteiger partial charge in [-0.1, -0.05) is 6.92 Å². The molecule has 2 rings (SSSR count). The van der Waals surface area contributed by atoms with Crippen molar-refractivity contribution in [3.05, 3.63) is 24.3 Å². The van der Waals surface area contributed by atoms with Crippen LogP contribution in [0, 0.1) is 5.92 Å². The SMILES string of the molecule is COC(=O)C(C)Cc1ncnc2[nH]ccc12. The molecule has 0 spiro atoms. The second-order valence-corrected chi connectivity index (χ2v) is 3.69. The lowest BCUT2D eigenvalue weighted by atomic mass is 10.0. The predicted molar refractivity (Wildman–Crippen MR) is 58.8 cm³/mol. The van der Waals surface area contributed by atoms with Crippen molar-refractivity contribution in [1.82, 2.24) is 15.0 Å². The topological polar surface area (TPSA) is 67.9 Å². The summed E-state index contributed by atoms with van der Waals surface area (Å²) >= 11 is 0. The lowest BCUT2D eigenvalue weighted by Gasteiger charge is -2.08. The highest BCUT2D eigenvalue weighted by molar-refractivity contribution is 5.79. The highest BCUT2D eigenvalue weighted by atomic mass is 16.5. The summed E-state index contributed by atoms with van der Waals surface area (Å²) in [5.41, 5.74) is 1.66. The summed E-state index contributed by atoms with van der Waals surface area (Å²) in [5.74, 6) is -0.416. The molecule has 0 saturated heterocycles. The van der Waals surface area contributed by atoms with E-state index in [2.05, 4.69) is 19.7 Å². The van der Waals surface area contributed by atoms with Gasteiger partial charge in [-0.3, -0.25) is 4.79 Å². The highest BCUT2D eigenvalue weighted by Gasteiger charge is 2.16. The van der Waals surface area contributed by atoms with Crippen LogP contribution < -0.4 is 0 Å². The minimum atomic E-state index is -0.220. The van der Waals surface area contributed by atoms with Crippen LogP contribution in [-0.4, -0.2) is 28.0 Å². The molecule has 2 aromatic rings. The van der Waals surface area contributed by atoms with E-state index in [1.165, 1.54) is 13.4 Å². The van der Waals surface area contributed by atoms with E-state index in [1.54, 1.807) is 0 Å². The number of aromatic nitrogens is 3. The lowest BCUT2D eigenvalue weighted by molar-refractivity contribution is -0.144. The largest absolute Gasteiger partial charge is 0.469 e. The van der Waals surface area contributed by atoms with E-state index in [-0.39, 0.29) is 11.9 Å². The maximum Gasteiger partial charge on any atom is 0.308 e. The van der Waals surface area contributed by atoms with Gasteiger partial charge in [0.25, 0.3) is 0 Å². The van der Waals surface area contributed by atoms with E-state index in [0.29, 0.717) is 6.42 Å². The zero-order valence-corrected chi connectivity index (χ0v) is 9.23. The standard InChI is InChI=1S/C11H13N3O2/c1-7(11(15)16-2)5-9-8-3-4-12-10(8)14-6-13-9/h3-4,6-7H,5H2,1-2H3,(H,12,13,14). The Morgan fingerprint density at radius 2 is 2.38 bits per heavy atom. The third kappa shape index (κ3) is 1.88. The Morgan fingerprint density at radius 1 is 1.56 bits per heavy atom. The van der Waals surface area contributed by atoms with Crippen molar-refractivity contribution in [1.29, 1.82) is 0 Å². The first-order valence-corrected chi connectivity index (χ1v) is 5.07. The number of hydrogen-bond donors (Lipinski definition) is 1. The first kappa shape index (κ1) is 10.6. The number of nitrogens with one attached hydrogen (secondary N) is 1. The smallest absolute Gasteiger partial charge is 0.308 e. The van der Waals surface area contributed by atoms with Crippen LogP contribution in [0.4, 0.5) is 0 Å². The number of carbonyl (C=O) groups excluding carboxylic acids is 1. The van der Waals surface area contributed by atoms with Crippen molar-refractivity contribution in [2.45, 2.75) is 13.3 Å². The summed E-state index contributed by atoms with van der Waals surface area (Å²) in [4.78, 5) is 22.6. The number of methoxy groups -OCH3 is 1. The fourth-order valence-electron chi connectivity index (χ4n) is 1.66. The number of hydrogen-bond acceptors (Lipinski definition) is 4. The molecule has 0 bridgehead atoms. The Labute approximate surface area is 92.9 Å². The van der Waals surface area contributed by atoms with E-state index in [4.69, 9.17) is 0 Å². The molecule has 84 valence electrons. The van der Waals surface area contributed by atoms with Gasteiger partial charge in [0.05, 0.1) is 18.7 Å². The van der Waals surface area contributed by atoms with Crippen LogP contribution in [0.3, 0.4) is 0 Å². The molecule has 0 aliphatic rings. The molecule has 16 heavy (non-hydrogen) atoms. The molecule has 1 N–H and O–H groups in total. The second-order valence-electron chi connectivity index (χ2n) is 3.69. The molecule has 0 aliphatic carbocycles. The molecule has 2 aromatic heterocycles. The summed E-state index contributed by atoms with van der Waals surface area (Å²) < 4.78 is 4.69. The normalized spacial score (nSPS) is 12.6. The van der Waals surface area contributed by atoms with Gasteiger partial charge in [0.1, 0.15) is 12.0 Å². The number of ether oxygens (including phenoxy) is 1. The van der Waals surface area contributed by atoms with Gasteiger partial charge in [-0.05, 0) is 6.07 Å². The van der Waals surface area contributed by atoms with Crippen LogP contribution in [0.1, 0.15) is 12.6 Å². The van der Waals surface area contributed by atoms with Crippen molar-refractivity contribution in [3.8, 4) is 0 Å². The number of carbonyl (C=O) groups is 1. The average molecular weight is 219 g/mol. The first-order valence-electron chi connectivity index (χ1n) is 5.07. The van der Waals surface area contributed by atoms with Crippen molar-refractivity contribution in [2.75, 3.05) is 7.11 Å². The predicted octanol–water partition coefficient (Wildman–Crippen LogP) is 1.31. The Balaban J connectivity index is 2.27. The molecule has 0 aliphatic heterocycles. The number of aromatic amines is 1. The van der Waals surface area contributed by atoms with Crippen LogP contribution in [0.25, 0.3) is 11.0 Å². The summed E-state index contributed by atoms with van der Waals surface area (Å²) in [5, 5.41) is 0.957. The van der Waals surface area contributed by atoms with E-state index in [0.717, 1.165) is 16.7 Å². The molecule has 0 radical (unpaired) electrons. The maximum atomic E-state index is 11.3. The molecule has 1 atom stereocenters. The van der Waals surface area contributed by atoms with Gasteiger partial charge in [0, 0.05) is 18.0 Å². The van der Waals surface area contributed by atoms with Gasteiger partial charge >= 0.3 is 5.97 Å². The summed E-state index contributed by atoms with van der Waals surface area (Å²) in [7, 11) is 1.39. The molecule has 5 heteroatoms. The minimum Gasteiger partial charge on any atom is -0.469 e. The van der Waals surface area contributed by atoms with Gasteiger partial charge in [0.2, 0.25) is 0 Å². The fourth-order valence-corrected chi connectivity index (χ4v) is 1.66. The molecule has 0 amide bonds. The zero-order valence-electron chi connectivity index (χ0n) is 9.23. The van der Waals surface area contributed by atoms with E-state index < -0.39 is 0 Å². The number of H-pyrrole nitrogens is 1. The van der Waals surface area contributed by atoms with Crippen molar-refractivity contribution < 1.29 is 9.53 Å². The van der Waals surface area contributed by atoms with Crippen LogP contribution in [0.5, 0.6) is 0 Å². The first-order chi connectivity index (χ1) is 7.72. The average Bonchev–Trinajstić information content (AvgIpc) is 2.77. The molecular weight excluding hydrogens is 206 g/mol. The Hall–Kier alpha value is -1.91. The molecule has 5 nitrogen and oxygen atoms in total. The minimum absolute atomic E-state index is 0.196. The van der Waals surface area contributed by atoms with E-state index in [9.17, 15) is 4.79 Å². The van der Waals surface area contributed by atoms with Crippen LogP contribution in [0.15, 0.2) is 18.6 Å². The summed E-state index contributed by atoms with van der Waals surface area (Å²) in [6.07, 6.45) is 3.87. The molecule has 1 unspecified atom stereocenters. The molecule has 2 heterocycles. The second kappa shape index (κ2) is 4.30. The van der Waals surface area contributed by atoms with Gasteiger partial charge in [-0.2, -0.15) is 0 Å². The number of esters is 1. The quantitative estimate of drug-likeness (QED) is 0.790. The molecule has 0 fully saturated rings. The summed E-state index contributed by atoms with van der Waals surface area (Å²) in [6, 6.07) is 1.91. The Kier molecular flexibility index (Phi) is 2.85. The summed E-state index contributed by atoms with van der Waals surface area (Å²) in [6.45, 7) is 1.83. The van der Waals surface area contributed by atoms with Crippen LogP contribution in [0.2, 0.25) is 0 Å². The number of rotatable bonds is 3. The third-order valence-corrected chi connectivity index (χ3v) is 2.54. The molecule has 0 aromatic carbocycles. The number of nitrogens with zero attached hydrogens (tertiary/aromatic N) is 2. The Morgan fingerprint density at radius 3 is 3.12 bits per heavy atom. The third-order valence-electron chi connectivity index (χ3n) is 2.54.